The van der Waals surface area contributed by atoms with Gasteiger partial charge in [0.1, 0.15) is 5.15 Å². The van der Waals surface area contributed by atoms with E-state index in [1.807, 2.05) is 36.4 Å². The van der Waals surface area contributed by atoms with Gasteiger partial charge in [-0.1, -0.05) is 73.1 Å². The Balaban J connectivity index is 1.79. The average molecular weight is 391 g/mol. The highest BCUT2D eigenvalue weighted by atomic mass is 35.5. The van der Waals surface area contributed by atoms with Crippen LogP contribution in [0.25, 0.3) is 5.57 Å². The number of rotatable bonds is 7. The molecule has 0 radical (unpaired) electrons. The fourth-order valence-electron chi connectivity index (χ4n) is 2.98. The Bertz CT molecular complexity index is 950. The van der Waals surface area contributed by atoms with Crippen molar-refractivity contribution in [2.24, 2.45) is 0 Å². The van der Waals surface area contributed by atoms with Gasteiger partial charge in [-0.2, -0.15) is 0 Å². The van der Waals surface area contributed by atoms with Gasteiger partial charge in [-0.3, -0.25) is 4.79 Å². The fourth-order valence-corrected chi connectivity index (χ4v) is 3.15. The van der Waals surface area contributed by atoms with Crippen molar-refractivity contribution in [2.45, 2.75) is 19.8 Å². The molecule has 0 saturated carbocycles. The molecule has 3 aromatic rings. The number of nitrogens with zero attached hydrogens (tertiary/aromatic N) is 1. The molecule has 142 valence electrons. The molecule has 1 N–H and O–H groups in total. The number of aromatic nitrogens is 1. The van der Waals surface area contributed by atoms with Gasteiger partial charge in [0.05, 0.1) is 0 Å². The zero-order chi connectivity index (χ0) is 19.8. The number of pyridine rings is 1. The third-order valence-electron chi connectivity index (χ3n) is 4.54. The lowest BCUT2D eigenvalue weighted by molar-refractivity contribution is -0.116. The summed E-state index contributed by atoms with van der Waals surface area (Å²) < 4.78 is 0. The standard InChI is InChI=1S/C24H23ClN2O/c1-2-18-8-10-20(11-9-18)22(21-13-15-26-23(25)16-21)17-24(28)27-14-12-19-6-4-3-5-7-19/h3-11,13,15-17H,2,12,14H2,1H3,(H,27,28)/b22-17-. The number of hydrogen-bond donors (Lipinski definition) is 1. The van der Waals surface area contributed by atoms with Gasteiger partial charge in [-0.25, -0.2) is 4.98 Å². The lowest BCUT2D eigenvalue weighted by Crippen LogP contribution is -2.24. The summed E-state index contributed by atoms with van der Waals surface area (Å²) in [5.74, 6) is -0.126. The van der Waals surface area contributed by atoms with E-state index in [1.54, 1.807) is 18.3 Å². The Morgan fingerprint density at radius 1 is 1.00 bits per heavy atom. The van der Waals surface area contributed by atoms with Gasteiger partial charge in [0.2, 0.25) is 5.91 Å². The van der Waals surface area contributed by atoms with Crippen molar-refractivity contribution in [3.8, 4) is 0 Å². The van der Waals surface area contributed by atoms with Crippen LogP contribution in [0.15, 0.2) is 79.0 Å². The molecule has 1 aromatic heterocycles. The molecular formula is C24H23ClN2O. The van der Waals surface area contributed by atoms with E-state index in [-0.39, 0.29) is 5.91 Å². The summed E-state index contributed by atoms with van der Waals surface area (Å²) in [5.41, 5.74) is 5.11. The second kappa shape index (κ2) is 9.86. The fraction of sp³-hybridized carbons (Fsp3) is 0.167. The van der Waals surface area contributed by atoms with Crippen LogP contribution in [0, 0.1) is 0 Å². The molecule has 0 aliphatic rings. The highest BCUT2D eigenvalue weighted by molar-refractivity contribution is 6.29. The average Bonchev–Trinajstić information content (AvgIpc) is 2.73. The second-order valence-electron chi connectivity index (χ2n) is 6.50. The third-order valence-corrected chi connectivity index (χ3v) is 4.75. The minimum atomic E-state index is -0.126. The normalized spacial score (nSPS) is 11.3. The molecule has 0 spiro atoms. The third kappa shape index (κ3) is 5.54. The number of benzene rings is 2. The summed E-state index contributed by atoms with van der Waals surface area (Å²) in [4.78, 5) is 16.6. The Hall–Kier alpha value is -2.91. The number of nitrogens with one attached hydrogen (secondary N) is 1. The van der Waals surface area contributed by atoms with E-state index in [0.29, 0.717) is 11.7 Å². The molecule has 1 amide bonds. The van der Waals surface area contributed by atoms with E-state index < -0.39 is 0 Å². The molecule has 4 heteroatoms. The van der Waals surface area contributed by atoms with Crippen LogP contribution < -0.4 is 5.32 Å². The van der Waals surface area contributed by atoms with Crippen LogP contribution in [-0.2, 0) is 17.6 Å². The first-order valence-electron chi connectivity index (χ1n) is 9.40. The van der Waals surface area contributed by atoms with E-state index in [1.165, 1.54) is 11.1 Å². The lowest BCUT2D eigenvalue weighted by Gasteiger charge is -2.10. The number of carbonyl (C=O) groups excluding carboxylic acids is 1. The summed E-state index contributed by atoms with van der Waals surface area (Å²) in [6.07, 6.45) is 5.05. The Morgan fingerprint density at radius 2 is 1.75 bits per heavy atom. The summed E-state index contributed by atoms with van der Waals surface area (Å²) in [5, 5.41) is 3.38. The zero-order valence-electron chi connectivity index (χ0n) is 15.9. The smallest absolute Gasteiger partial charge is 0.244 e. The summed E-state index contributed by atoms with van der Waals surface area (Å²) >= 11 is 6.07. The summed E-state index contributed by atoms with van der Waals surface area (Å²) in [6.45, 7) is 2.70. The summed E-state index contributed by atoms with van der Waals surface area (Å²) in [7, 11) is 0. The molecule has 0 bridgehead atoms. The number of amides is 1. The van der Waals surface area contributed by atoms with E-state index in [0.717, 1.165) is 29.5 Å². The molecular weight excluding hydrogens is 368 g/mol. The van der Waals surface area contributed by atoms with E-state index >= 15 is 0 Å². The molecule has 1 heterocycles. The van der Waals surface area contributed by atoms with E-state index in [4.69, 9.17) is 11.6 Å². The van der Waals surface area contributed by atoms with Gasteiger partial charge >= 0.3 is 0 Å². The SMILES string of the molecule is CCc1ccc(/C(=C/C(=O)NCCc2ccccc2)c2ccnc(Cl)c2)cc1. The molecule has 0 unspecified atom stereocenters. The first kappa shape index (κ1) is 19.8. The van der Waals surface area contributed by atoms with Crippen molar-refractivity contribution in [2.75, 3.05) is 6.54 Å². The molecule has 2 aromatic carbocycles. The van der Waals surface area contributed by atoms with Crippen LogP contribution in [0.1, 0.15) is 29.2 Å². The van der Waals surface area contributed by atoms with Crippen LogP contribution in [-0.4, -0.2) is 17.4 Å². The zero-order valence-corrected chi connectivity index (χ0v) is 16.6. The topological polar surface area (TPSA) is 42.0 Å². The first-order chi connectivity index (χ1) is 13.7. The largest absolute Gasteiger partial charge is 0.352 e. The van der Waals surface area contributed by atoms with Crippen molar-refractivity contribution in [1.82, 2.24) is 10.3 Å². The van der Waals surface area contributed by atoms with Crippen LogP contribution in [0.2, 0.25) is 5.15 Å². The Labute approximate surface area is 171 Å². The van der Waals surface area contributed by atoms with Gasteiger partial charge in [-0.15, -0.1) is 0 Å². The predicted molar refractivity (Wildman–Crippen MR) is 115 cm³/mol. The Kier molecular flexibility index (Phi) is 6.99. The number of hydrogen-bond acceptors (Lipinski definition) is 2. The van der Waals surface area contributed by atoms with Gasteiger partial charge < -0.3 is 5.32 Å². The molecule has 28 heavy (non-hydrogen) atoms. The van der Waals surface area contributed by atoms with Crippen LogP contribution in [0.3, 0.4) is 0 Å². The Morgan fingerprint density at radius 3 is 2.43 bits per heavy atom. The highest BCUT2D eigenvalue weighted by Crippen LogP contribution is 2.25. The summed E-state index contributed by atoms with van der Waals surface area (Å²) in [6, 6.07) is 22.0. The van der Waals surface area contributed by atoms with Crippen molar-refractivity contribution >= 4 is 23.1 Å². The first-order valence-corrected chi connectivity index (χ1v) is 9.78. The molecule has 0 saturated heterocycles. The number of carbonyl (C=O) groups is 1. The van der Waals surface area contributed by atoms with Crippen molar-refractivity contribution < 1.29 is 4.79 Å². The van der Waals surface area contributed by atoms with Crippen molar-refractivity contribution in [1.29, 1.82) is 0 Å². The van der Waals surface area contributed by atoms with Crippen LogP contribution in [0.4, 0.5) is 0 Å². The molecule has 3 nitrogen and oxygen atoms in total. The highest BCUT2D eigenvalue weighted by Gasteiger charge is 2.09. The lowest BCUT2D eigenvalue weighted by atomic mass is 9.97. The maximum atomic E-state index is 12.6. The number of halogens is 1. The van der Waals surface area contributed by atoms with Crippen molar-refractivity contribution in [3.05, 3.63) is 106 Å². The van der Waals surface area contributed by atoms with Gasteiger partial charge in [0.15, 0.2) is 0 Å². The van der Waals surface area contributed by atoms with E-state index in [2.05, 4.69) is 41.5 Å². The minimum Gasteiger partial charge on any atom is -0.352 e. The van der Waals surface area contributed by atoms with Crippen LogP contribution >= 0.6 is 11.6 Å². The van der Waals surface area contributed by atoms with Gasteiger partial charge in [-0.05, 0) is 52.8 Å². The van der Waals surface area contributed by atoms with Crippen molar-refractivity contribution in [3.63, 3.8) is 0 Å². The maximum Gasteiger partial charge on any atom is 0.244 e. The monoisotopic (exact) mass is 390 g/mol. The molecule has 3 rings (SSSR count). The molecule has 0 fully saturated rings. The quantitative estimate of drug-likeness (QED) is 0.451. The van der Waals surface area contributed by atoms with E-state index in [9.17, 15) is 4.79 Å². The van der Waals surface area contributed by atoms with Crippen LogP contribution in [0.5, 0.6) is 0 Å². The predicted octanol–water partition coefficient (Wildman–Crippen LogP) is 5.09. The van der Waals surface area contributed by atoms with Gasteiger partial charge in [0, 0.05) is 18.8 Å². The maximum absolute atomic E-state index is 12.6. The molecule has 0 atom stereocenters. The number of aryl methyl sites for hydroxylation is 1. The molecule has 0 aliphatic carbocycles. The minimum absolute atomic E-state index is 0.126. The van der Waals surface area contributed by atoms with Gasteiger partial charge in [0.25, 0.3) is 0 Å². The molecule has 0 aliphatic heterocycles. The second-order valence-corrected chi connectivity index (χ2v) is 6.89.